The topological polar surface area (TPSA) is 35.5 Å². The Bertz CT molecular complexity index is 250. The van der Waals surface area contributed by atoms with Crippen LogP contribution in [0.3, 0.4) is 0 Å². The van der Waals surface area contributed by atoms with E-state index in [0.29, 0.717) is 31.4 Å². The Morgan fingerprint density at radius 3 is 1.67 bits per heavy atom. The molecule has 0 aliphatic carbocycles. The van der Waals surface area contributed by atoms with Crippen molar-refractivity contribution < 1.29 is 13.6 Å². The van der Waals surface area contributed by atoms with Gasteiger partial charge in [-0.1, -0.05) is 13.8 Å². The third-order valence-electron chi connectivity index (χ3n) is 2.24. The van der Waals surface area contributed by atoms with E-state index < -0.39 is 13.6 Å². The van der Waals surface area contributed by atoms with Crippen LogP contribution in [-0.4, -0.2) is 31.4 Å². The predicted molar refractivity (Wildman–Crippen MR) is 71.1 cm³/mol. The first-order chi connectivity index (χ1) is 6.95. The molecule has 0 spiro atoms. The second-order valence-corrected chi connectivity index (χ2v) is 11.2. The van der Waals surface area contributed by atoms with E-state index in [0.717, 1.165) is 0 Å². The maximum absolute atomic E-state index is 12.3. The minimum absolute atomic E-state index is 0.448. The Morgan fingerprint density at radius 2 is 1.40 bits per heavy atom. The van der Waals surface area contributed by atoms with Gasteiger partial charge in [-0.3, -0.25) is 0 Å². The van der Waals surface area contributed by atoms with Gasteiger partial charge in [-0.05, 0) is 38.0 Å². The normalized spacial score (nSPS) is 13.1. The Balaban J connectivity index is 4.66. The van der Waals surface area contributed by atoms with E-state index in [-0.39, 0.29) is 0 Å². The maximum Gasteiger partial charge on any atom is 0.196 e. The first kappa shape index (κ1) is 15.8. The average molecular weight is 272 g/mol. The van der Waals surface area contributed by atoms with Crippen LogP contribution < -0.4 is 0 Å². The van der Waals surface area contributed by atoms with E-state index in [1.807, 2.05) is 27.7 Å². The molecule has 0 radical (unpaired) electrons. The molecule has 15 heavy (non-hydrogen) atoms. The van der Waals surface area contributed by atoms with Crippen molar-refractivity contribution >= 4 is 25.4 Å². The van der Waals surface area contributed by atoms with Crippen molar-refractivity contribution in [2.24, 2.45) is 0 Å². The van der Waals surface area contributed by atoms with Crippen LogP contribution in [0.1, 0.15) is 27.7 Å². The highest BCUT2D eigenvalue weighted by molar-refractivity contribution is 8.12. The number of hydrogen-bond acceptors (Lipinski definition) is 4. The Kier molecular flexibility index (Phi) is 7.57. The molecule has 0 aromatic carbocycles. The van der Waals surface area contributed by atoms with Crippen LogP contribution in [0.5, 0.6) is 0 Å². The summed E-state index contributed by atoms with van der Waals surface area (Å²) in [5.74, 6) is 0.448. The molecule has 0 bridgehead atoms. The molecular weight excluding hydrogens is 250 g/mol. The van der Waals surface area contributed by atoms with Gasteiger partial charge >= 0.3 is 0 Å². The van der Waals surface area contributed by atoms with Gasteiger partial charge in [-0.25, -0.2) is 0 Å². The highest BCUT2D eigenvalue weighted by atomic mass is 32.5. The Morgan fingerprint density at radius 1 is 1.00 bits per heavy atom. The second-order valence-electron chi connectivity index (χ2n) is 3.28. The summed E-state index contributed by atoms with van der Waals surface area (Å²) in [5, 5.41) is 0. The molecule has 0 N–H and O–H groups in total. The lowest BCUT2D eigenvalue weighted by molar-refractivity contribution is 0.269. The van der Waals surface area contributed by atoms with Crippen LogP contribution in [0.2, 0.25) is 0 Å². The predicted octanol–water partition coefficient (Wildman–Crippen LogP) is 3.73. The van der Waals surface area contributed by atoms with Crippen molar-refractivity contribution in [3.63, 3.8) is 0 Å². The largest absolute Gasteiger partial charge is 0.329 e. The third kappa shape index (κ3) is 5.60. The van der Waals surface area contributed by atoms with Crippen LogP contribution in [0.4, 0.5) is 0 Å². The summed E-state index contributed by atoms with van der Waals surface area (Å²) in [6.45, 7) is 6.44. The van der Waals surface area contributed by atoms with E-state index in [2.05, 4.69) is 0 Å². The highest BCUT2D eigenvalue weighted by Gasteiger charge is 2.29. The molecule has 0 rings (SSSR count). The number of hydrogen-bond donors (Lipinski definition) is 0. The van der Waals surface area contributed by atoms with Crippen LogP contribution in [0, 0.1) is 0 Å². The monoisotopic (exact) mass is 272 g/mol. The summed E-state index contributed by atoms with van der Waals surface area (Å²) >= 11 is 5.38. The third-order valence-corrected chi connectivity index (χ3v) is 11.0. The highest BCUT2D eigenvalue weighted by Crippen LogP contribution is 2.62. The van der Waals surface area contributed by atoms with Crippen LogP contribution in [0.15, 0.2) is 0 Å². The lowest BCUT2D eigenvalue weighted by Crippen LogP contribution is -2.03. The first-order valence-electron chi connectivity index (χ1n) is 5.40. The Hall–Kier alpha value is 0.800. The smallest absolute Gasteiger partial charge is 0.196 e. The zero-order valence-corrected chi connectivity index (χ0v) is 12.7. The fourth-order valence-corrected chi connectivity index (χ4v) is 9.86. The average Bonchev–Trinajstić information content (AvgIpc) is 2.18. The van der Waals surface area contributed by atoms with Gasteiger partial charge in [0, 0.05) is 0 Å². The van der Waals surface area contributed by atoms with Gasteiger partial charge < -0.3 is 13.6 Å². The fraction of sp³-hybridized carbons (Fsp3) is 1.00. The molecule has 0 fully saturated rings. The Labute approximate surface area is 98.5 Å². The maximum atomic E-state index is 12.3. The van der Waals surface area contributed by atoms with Crippen molar-refractivity contribution in [3.8, 4) is 0 Å². The van der Waals surface area contributed by atoms with Gasteiger partial charge in [0.15, 0.2) is 6.49 Å². The van der Waals surface area contributed by atoms with Gasteiger partial charge in [0.25, 0.3) is 0 Å². The van der Waals surface area contributed by atoms with Gasteiger partial charge in [0.05, 0.1) is 26.3 Å². The van der Waals surface area contributed by atoms with E-state index in [4.69, 9.17) is 20.9 Å². The summed E-state index contributed by atoms with van der Waals surface area (Å²) in [7, 11) is -2.17. The van der Waals surface area contributed by atoms with E-state index in [9.17, 15) is 4.57 Å². The summed E-state index contributed by atoms with van der Waals surface area (Å²) in [6, 6.07) is 0. The van der Waals surface area contributed by atoms with Crippen LogP contribution in [0.25, 0.3) is 0 Å². The first-order valence-corrected chi connectivity index (χ1v) is 10.5. The van der Waals surface area contributed by atoms with Crippen molar-refractivity contribution in [3.05, 3.63) is 0 Å². The second kappa shape index (κ2) is 7.19. The zero-order valence-electron chi connectivity index (χ0n) is 10.1. The van der Waals surface area contributed by atoms with Gasteiger partial charge in [-0.15, -0.1) is 0 Å². The van der Waals surface area contributed by atoms with Crippen molar-refractivity contribution in [1.29, 1.82) is 0 Å². The molecule has 3 nitrogen and oxygen atoms in total. The molecule has 0 saturated heterocycles. The molecule has 92 valence electrons. The molecule has 0 aliphatic heterocycles. The molecule has 0 amide bonds. The molecule has 0 saturated carbocycles. The minimum Gasteiger partial charge on any atom is -0.329 e. The minimum atomic E-state index is -2.30. The lowest BCUT2D eigenvalue weighted by atomic mass is 10.9. The molecule has 0 aromatic rings. The fourth-order valence-electron chi connectivity index (χ4n) is 1.25. The van der Waals surface area contributed by atoms with Gasteiger partial charge in [0.1, 0.15) is 0 Å². The summed E-state index contributed by atoms with van der Waals surface area (Å²) in [4.78, 5) is 0. The van der Waals surface area contributed by atoms with Crippen molar-refractivity contribution in [2.75, 3.05) is 31.4 Å². The summed E-state index contributed by atoms with van der Waals surface area (Å²) in [5.41, 5.74) is 0. The molecule has 0 aromatic heterocycles. The quantitative estimate of drug-likeness (QED) is 0.631. The van der Waals surface area contributed by atoms with Crippen molar-refractivity contribution in [2.45, 2.75) is 27.7 Å². The molecule has 0 heterocycles. The SMILES string of the molecule is CCOP(=S)(CP(=O)(CC)CC)OCC. The molecule has 6 heteroatoms. The van der Waals surface area contributed by atoms with Crippen LogP contribution in [-0.2, 0) is 25.4 Å². The van der Waals surface area contributed by atoms with E-state index in [1.54, 1.807) is 0 Å². The molecule has 0 atom stereocenters. The zero-order chi connectivity index (χ0) is 11.9. The van der Waals surface area contributed by atoms with Gasteiger partial charge in [0.2, 0.25) is 0 Å². The van der Waals surface area contributed by atoms with Crippen molar-refractivity contribution in [1.82, 2.24) is 0 Å². The molecule has 0 unspecified atom stereocenters. The summed E-state index contributed by atoms with van der Waals surface area (Å²) < 4.78 is 23.3. The van der Waals surface area contributed by atoms with E-state index >= 15 is 0 Å². The number of rotatable bonds is 8. The molecule has 0 aliphatic rings. The standard InChI is InChI=1S/C9H22O3P2S/c1-5-11-14(15,12-6-2)9-13(10,7-3)8-4/h5-9H2,1-4H3. The van der Waals surface area contributed by atoms with Crippen LogP contribution >= 0.6 is 13.6 Å². The summed E-state index contributed by atoms with van der Waals surface area (Å²) in [6.07, 6.45) is 1.37. The lowest BCUT2D eigenvalue weighted by Gasteiger charge is -2.25. The van der Waals surface area contributed by atoms with E-state index in [1.165, 1.54) is 0 Å². The molecular formula is C9H22O3P2S. The van der Waals surface area contributed by atoms with Gasteiger partial charge in [-0.2, -0.15) is 0 Å².